The van der Waals surface area contributed by atoms with Gasteiger partial charge >= 0.3 is 0 Å². The Balaban J connectivity index is 1.89. The molecular formula is C16H15ClF2IN3O2S. The molecule has 10 heteroatoms. The van der Waals surface area contributed by atoms with E-state index in [9.17, 15) is 17.2 Å². The fraction of sp³-hybridized carbons (Fsp3) is 0.250. The first-order chi connectivity index (χ1) is 12.2. The van der Waals surface area contributed by atoms with Gasteiger partial charge in [-0.2, -0.15) is 13.1 Å². The molecule has 0 aromatic heterocycles. The smallest absolute Gasteiger partial charge is 0.299 e. The number of benzene rings is 2. The molecule has 0 atom stereocenters. The van der Waals surface area contributed by atoms with E-state index in [0.29, 0.717) is 23.2 Å². The van der Waals surface area contributed by atoms with Gasteiger partial charge in [0, 0.05) is 10.1 Å². The Kier molecular flexibility index (Phi) is 5.90. The molecule has 0 aliphatic heterocycles. The van der Waals surface area contributed by atoms with Crippen molar-refractivity contribution in [2.45, 2.75) is 12.8 Å². The predicted octanol–water partition coefficient (Wildman–Crippen LogP) is 4.62. The minimum atomic E-state index is -3.91. The molecule has 0 bridgehead atoms. The number of halogens is 4. The minimum Gasteiger partial charge on any atom is -0.350 e. The van der Waals surface area contributed by atoms with Crippen molar-refractivity contribution in [2.24, 2.45) is 5.92 Å². The molecule has 1 saturated carbocycles. The van der Waals surface area contributed by atoms with Gasteiger partial charge in [0.2, 0.25) is 0 Å². The van der Waals surface area contributed by atoms with E-state index in [1.165, 1.54) is 0 Å². The van der Waals surface area contributed by atoms with Crippen molar-refractivity contribution in [2.75, 3.05) is 16.6 Å². The van der Waals surface area contributed by atoms with Crippen molar-refractivity contribution in [3.05, 3.63) is 50.6 Å². The molecule has 0 radical (unpaired) electrons. The number of hydrogen-bond acceptors (Lipinski definition) is 3. The summed E-state index contributed by atoms with van der Waals surface area (Å²) in [7, 11) is -3.91. The summed E-state index contributed by atoms with van der Waals surface area (Å²) in [4.78, 5) is 0. The number of rotatable bonds is 7. The van der Waals surface area contributed by atoms with Crippen LogP contribution in [0.3, 0.4) is 0 Å². The third-order valence-corrected chi connectivity index (χ3v) is 5.81. The van der Waals surface area contributed by atoms with E-state index in [1.54, 1.807) is 18.2 Å². The minimum absolute atomic E-state index is 0.123. The lowest BCUT2D eigenvalue weighted by molar-refractivity contribution is 0.512. The van der Waals surface area contributed by atoms with Crippen molar-refractivity contribution in [3.63, 3.8) is 0 Å². The normalized spacial score (nSPS) is 14.3. The van der Waals surface area contributed by atoms with Crippen molar-refractivity contribution in [3.8, 4) is 0 Å². The van der Waals surface area contributed by atoms with Gasteiger partial charge in [0.15, 0.2) is 11.6 Å². The van der Waals surface area contributed by atoms with Crippen LogP contribution in [0, 0.1) is 21.1 Å². The molecule has 1 aliphatic rings. The summed E-state index contributed by atoms with van der Waals surface area (Å²) < 4.78 is 57.8. The molecule has 140 valence electrons. The highest BCUT2D eigenvalue weighted by Gasteiger charge is 2.24. The van der Waals surface area contributed by atoms with Crippen molar-refractivity contribution in [1.29, 1.82) is 0 Å². The first-order valence-corrected chi connectivity index (χ1v) is 10.7. The van der Waals surface area contributed by atoms with Gasteiger partial charge in [0.1, 0.15) is 5.69 Å². The van der Waals surface area contributed by atoms with Gasteiger partial charge in [-0.1, -0.05) is 11.6 Å². The number of hydrogen-bond donors (Lipinski definition) is 3. The fourth-order valence-corrected chi connectivity index (χ4v) is 4.10. The van der Waals surface area contributed by atoms with Crippen LogP contribution in [0.25, 0.3) is 0 Å². The second-order valence-electron chi connectivity index (χ2n) is 5.93. The summed E-state index contributed by atoms with van der Waals surface area (Å²) >= 11 is 8.18. The van der Waals surface area contributed by atoms with E-state index >= 15 is 0 Å². The van der Waals surface area contributed by atoms with Gasteiger partial charge in [0.25, 0.3) is 10.2 Å². The lowest BCUT2D eigenvalue weighted by Crippen LogP contribution is -2.32. The average molecular weight is 514 g/mol. The summed E-state index contributed by atoms with van der Waals surface area (Å²) in [6.07, 6.45) is 1.96. The molecule has 0 heterocycles. The topological polar surface area (TPSA) is 70.2 Å². The van der Waals surface area contributed by atoms with Crippen LogP contribution in [0.2, 0.25) is 5.02 Å². The molecule has 3 rings (SSSR count). The largest absolute Gasteiger partial charge is 0.350 e. The standard InChI is InChI=1S/C16H15ClF2IN3O2S/c17-11-7-10(20)3-5-13(11)22-16-14(6-4-12(18)15(16)19)23-26(24,25)21-8-9-1-2-9/h3-7,9,21-23H,1-2,8H2. The molecule has 3 N–H and O–H groups in total. The van der Waals surface area contributed by atoms with Crippen LogP contribution in [0.1, 0.15) is 12.8 Å². The highest BCUT2D eigenvalue weighted by atomic mass is 127. The second-order valence-corrected chi connectivity index (χ2v) is 9.08. The van der Waals surface area contributed by atoms with Crippen LogP contribution < -0.4 is 14.8 Å². The maximum absolute atomic E-state index is 14.3. The van der Waals surface area contributed by atoms with Gasteiger partial charge < -0.3 is 5.32 Å². The molecule has 1 fully saturated rings. The molecule has 0 amide bonds. The van der Waals surface area contributed by atoms with Crippen molar-refractivity contribution < 1.29 is 17.2 Å². The maximum Gasteiger partial charge on any atom is 0.299 e. The predicted molar refractivity (Wildman–Crippen MR) is 107 cm³/mol. The third kappa shape index (κ3) is 4.96. The fourth-order valence-electron chi connectivity index (χ4n) is 2.21. The van der Waals surface area contributed by atoms with E-state index in [2.05, 4.69) is 37.4 Å². The van der Waals surface area contributed by atoms with Crippen LogP contribution in [-0.4, -0.2) is 15.0 Å². The zero-order valence-corrected chi connectivity index (χ0v) is 17.1. The Bertz CT molecular complexity index is 939. The maximum atomic E-state index is 14.3. The second kappa shape index (κ2) is 7.83. The molecule has 0 spiro atoms. The van der Waals surface area contributed by atoms with E-state index in [0.717, 1.165) is 28.5 Å². The Labute approximate surface area is 168 Å². The SMILES string of the molecule is O=S(=O)(NCC1CC1)Nc1ccc(F)c(F)c1Nc1ccc(I)cc1Cl. The first-order valence-electron chi connectivity index (χ1n) is 7.72. The van der Waals surface area contributed by atoms with E-state index in [1.807, 2.05) is 0 Å². The van der Waals surface area contributed by atoms with Crippen LogP contribution in [0.15, 0.2) is 30.3 Å². The zero-order chi connectivity index (χ0) is 18.9. The average Bonchev–Trinajstić information content (AvgIpc) is 3.39. The molecule has 0 saturated heterocycles. The highest BCUT2D eigenvalue weighted by molar-refractivity contribution is 14.1. The third-order valence-electron chi connectivity index (χ3n) is 3.79. The monoisotopic (exact) mass is 513 g/mol. The molecule has 1 aliphatic carbocycles. The van der Waals surface area contributed by atoms with Crippen LogP contribution >= 0.6 is 34.2 Å². The molecule has 5 nitrogen and oxygen atoms in total. The molecule has 26 heavy (non-hydrogen) atoms. The van der Waals surface area contributed by atoms with Gasteiger partial charge in [-0.3, -0.25) is 4.72 Å². The molecule has 2 aromatic carbocycles. The van der Waals surface area contributed by atoms with Crippen LogP contribution in [0.4, 0.5) is 25.8 Å². The Morgan fingerprint density at radius 2 is 1.85 bits per heavy atom. The van der Waals surface area contributed by atoms with Gasteiger partial charge in [-0.05, 0) is 71.7 Å². The first kappa shape index (κ1) is 19.6. The van der Waals surface area contributed by atoms with Crippen LogP contribution in [-0.2, 0) is 10.2 Å². The molecule has 0 unspecified atom stereocenters. The Morgan fingerprint density at radius 3 is 2.50 bits per heavy atom. The van der Waals surface area contributed by atoms with E-state index in [4.69, 9.17) is 11.6 Å². The van der Waals surface area contributed by atoms with Gasteiger partial charge in [-0.25, -0.2) is 8.78 Å². The van der Waals surface area contributed by atoms with E-state index < -0.39 is 21.8 Å². The quantitative estimate of drug-likeness (QED) is 0.473. The summed E-state index contributed by atoms with van der Waals surface area (Å²) in [5, 5.41) is 2.96. The Hall–Kier alpha value is -1.17. The summed E-state index contributed by atoms with van der Waals surface area (Å²) in [5.41, 5.74) is -0.144. The van der Waals surface area contributed by atoms with Crippen molar-refractivity contribution in [1.82, 2.24) is 4.72 Å². The lowest BCUT2D eigenvalue weighted by atomic mass is 10.2. The summed E-state index contributed by atoms with van der Waals surface area (Å²) in [6, 6.07) is 6.97. The van der Waals surface area contributed by atoms with Gasteiger partial charge in [-0.15, -0.1) is 0 Å². The summed E-state index contributed by atoms with van der Waals surface area (Å²) in [5.74, 6) is -1.98. The summed E-state index contributed by atoms with van der Waals surface area (Å²) in [6.45, 7) is 0.310. The van der Waals surface area contributed by atoms with E-state index in [-0.39, 0.29) is 11.4 Å². The van der Waals surface area contributed by atoms with Crippen molar-refractivity contribution >= 4 is 61.5 Å². The number of nitrogens with one attached hydrogen (secondary N) is 3. The zero-order valence-electron chi connectivity index (χ0n) is 13.3. The highest BCUT2D eigenvalue weighted by Crippen LogP contribution is 2.34. The molecule has 2 aromatic rings. The Morgan fingerprint density at radius 1 is 1.15 bits per heavy atom. The molecular weight excluding hydrogens is 499 g/mol. The van der Waals surface area contributed by atoms with Crippen LogP contribution in [0.5, 0.6) is 0 Å². The lowest BCUT2D eigenvalue weighted by Gasteiger charge is -2.16. The number of anilines is 3. The van der Waals surface area contributed by atoms with Gasteiger partial charge in [0.05, 0.1) is 16.4 Å².